The van der Waals surface area contributed by atoms with Crippen molar-refractivity contribution in [3.05, 3.63) is 120 Å². The number of amides is 5. The Morgan fingerprint density at radius 3 is 1.86 bits per heavy atom. The lowest BCUT2D eigenvalue weighted by atomic mass is 9.94. The fraction of sp³-hybridized carbons (Fsp3) is 0.282. The number of Topliss-reactive ketones (excluding diaryl/α,β-unsaturated/α-hetero) is 1. The summed E-state index contributed by atoms with van der Waals surface area (Å²) in [4.78, 5) is 78.0. The van der Waals surface area contributed by atoms with E-state index in [1.807, 2.05) is 97.9 Å². The molecule has 0 aliphatic rings. The van der Waals surface area contributed by atoms with Crippen molar-refractivity contribution in [3.8, 4) is 0 Å². The van der Waals surface area contributed by atoms with Gasteiger partial charge in [0.05, 0.1) is 19.0 Å². The molecule has 0 heterocycles. The van der Waals surface area contributed by atoms with Gasteiger partial charge < -0.3 is 27.0 Å². The smallest absolute Gasteiger partial charge is 0.290 e. The second-order valence-corrected chi connectivity index (χ2v) is 12.3. The summed E-state index contributed by atoms with van der Waals surface area (Å²) in [6.45, 7) is 2.93. The monoisotopic (exact) mass is 677 g/mol. The van der Waals surface area contributed by atoms with E-state index in [2.05, 4.69) is 21.3 Å². The minimum Gasteiger partial charge on any atom is -0.368 e. The van der Waals surface area contributed by atoms with Crippen molar-refractivity contribution in [1.82, 2.24) is 21.3 Å². The van der Waals surface area contributed by atoms with Crippen LogP contribution in [0.3, 0.4) is 0 Å². The Hall–Kier alpha value is -5.84. The Morgan fingerprint density at radius 1 is 0.640 bits per heavy atom. The van der Waals surface area contributed by atoms with Crippen LogP contribution in [0.1, 0.15) is 37.0 Å². The largest absolute Gasteiger partial charge is 0.368 e. The van der Waals surface area contributed by atoms with Gasteiger partial charge in [0.25, 0.3) is 5.91 Å². The minimum absolute atomic E-state index is 0.0521. The maximum Gasteiger partial charge on any atom is 0.290 e. The number of nitrogens with two attached hydrogens (primary N) is 1. The third-order valence-corrected chi connectivity index (χ3v) is 8.50. The molecule has 4 rings (SSSR count). The van der Waals surface area contributed by atoms with Gasteiger partial charge >= 0.3 is 0 Å². The van der Waals surface area contributed by atoms with E-state index >= 15 is 0 Å². The van der Waals surface area contributed by atoms with Crippen LogP contribution in [0.25, 0.3) is 10.8 Å². The number of ketones is 1. The van der Waals surface area contributed by atoms with Gasteiger partial charge in [0.1, 0.15) is 12.1 Å². The molecule has 0 saturated carbocycles. The molecule has 0 radical (unpaired) electrons. The van der Waals surface area contributed by atoms with Crippen molar-refractivity contribution in [2.45, 2.75) is 57.7 Å². The maximum atomic E-state index is 13.6. The molecule has 5 amide bonds. The van der Waals surface area contributed by atoms with Crippen LogP contribution in [0.4, 0.5) is 0 Å². The first-order valence-electron chi connectivity index (χ1n) is 16.6. The molecule has 50 heavy (non-hydrogen) atoms. The molecule has 260 valence electrons. The number of fused-ring (bicyclic) bond motifs is 1. The third-order valence-electron chi connectivity index (χ3n) is 8.50. The molecule has 6 N–H and O–H groups in total. The zero-order chi connectivity index (χ0) is 36.0. The lowest BCUT2D eigenvalue weighted by molar-refractivity contribution is -0.141. The summed E-state index contributed by atoms with van der Waals surface area (Å²) < 4.78 is 0. The summed E-state index contributed by atoms with van der Waals surface area (Å²) in [5.41, 5.74) is 7.90. The predicted molar refractivity (Wildman–Crippen MR) is 190 cm³/mol. The summed E-state index contributed by atoms with van der Waals surface area (Å²) in [5, 5.41) is 12.3. The van der Waals surface area contributed by atoms with Gasteiger partial charge in [0.15, 0.2) is 0 Å². The molecule has 11 nitrogen and oxygen atoms in total. The Morgan fingerprint density at radius 2 is 1.22 bits per heavy atom. The van der Waals surface area contributed by atoms with Gasteiger partial charge in [-0.15, -0.1) is 0 Å². The summed E-state index contributed by atoms with van der Waals surface area (Å²) >= 11 is 0. The first kappa shape index (κ1) is 37.0. The van der Waals surface area contributed by atoms with Crippen LogP contribution < -0.4 is 27.0 Å². The van der Waals surface area contributed by atoms with Crippen molar-refractivity contribution in [2.24, 2.45) is 11.7 Å². The molecule has 4 aromatic carbocycles. The highest BCUT2D eigenvalue weighted by Gasteiger charge is 2.33. The summed E-state index contributed by atoms with van der Waals surface area (Å²) in [7, 11) is 0. The molecule has 0 bridgehead atoms. The van der Waals surface area contributed by atoms with Crippen LogP contribution in [0.5, 0.6) is 0 Å². The number of rotatable bonds is 17. The molecule has 4 atom stereocenters. The molecule has 11 heteroatoms. The van der Waals surface area contributed by atoms with E-state index in [0.717, 1.165) is 27.5 Å². The topological polar surface area (TPSA) is 177 Å². The SMILES string of the molecule is CC[C@H](C)C(NC(=O)C(Cc1ccccc1)NC(=O)Cc1ccccc1)C(=O)C(=O)NCC(=O)NC(Cc1ccc2ccccc2c1)C(N)=O. The molecule has 0 spiro atoms. The lowest BCUT2D eigenvalue weighted by Gasteiger charge is -2.26. The first-order chi connectivity index (χ1) is 24.0. The van der Waals surface area contributed by atoms with E-state index in [1.54, 1.807) is 19.1 Å². The van der Waals surface area contributed by atoms with E-state index in [1.165, 1.54) is 0 Å². The molecule has 0 aliphatic heterocycles. The molecular weight excluding hydrogens is 634 g/mol. The Labute approximate surface area is 291 Å². The van der Waals surface area contributed by atoms with E-state index in [-0.39, 0.29) is 25.2 Å². The minimum atomic E-state index is -1.23. The predicted octanol–water partition coefficient (Wildman–Crippen LogP) is 2.54. The molecule has 0 aliphatic carbocycles. The number of hydrogen-bond acceptors (Lipinski definition) is 6. The van der Waals surface area contributed by atoms with Crippen molar-refractivity contribution in [2.75, 3.05) is 6.54 Å². The zero-order valence-electron chi connectivity index (χ0n) is 28.2. The lowest BCUT2D eigenvalue weighted by Crippen LogP contribution is -2.57. The average Bonchev–Trinajstić information content (AvgIpc) is 3.12. The van der Waals surface area contributed by atoms with Crippen LogP contribution in [0.2, 0.25) is 0 Å². The number of primary amides is 1. The highest BCUT2D eigenvalue weighted by Crippen LogP contribution is 2.17. The highest BCUT2D eigenvalue weighted by atomic mass is 16.2. The van der Waals surface area contributed by atoms with Crippen LogP contribution in [0, 0.1) is 5.92 Å². The van der Waals surface area contributed by atoms with E-state index in [9.17, 15) is 28.8 Å². The standard InChI is InChI=1S/C39H43N5O6/c1-3-25(2)35(44-38(49)32(21-26-12-6-4-7-13-26)43-33(45)23-27-14-8-5-9-15-27)36(47)39(50)41-24-34(46)42-31(37(40)48)22-28-18-19-29-16-10-11-17-30(29)20-28/h4-20,25,31-32,35H,3,21-24H2,1-2H3,(H2,40,48)(H,41,50)(H,42,46)(H,43,45)(H,44,49)/t25-,31?,32?,35?/m0/s1. The third kappa shape index (κ3) is 10.8. The zero-order valence-corrected chi connectivity index (χ0v) is 28.2. The van der Waals surface area contributed by atoms with Gasteiger partial charge in [-0.3, -0.25) is 28.8 Å². The van der Waals surface area contributed by atoms with Gasteiger partial charge in [-0.2, -0.15) is 0 Å². The van der Waals surface area contributed by atoms with Crippen LogP contribution in [-0.2, 0) is 48.0 Å². The van der Waals surface area contributed by atoms with Crippen molar-refractivity contribution in [3.63, 3.8) is 0 Å². The number of benzene rings is 4. The molecule has 0 saturated heterocycles. The fourth-order valence-corrected chi connectivity index (χ4v) is 5.50. The quantitative estimate of drug-likeness (QED) is 0.107. The number of hydrogen-bond donors (Lipinski definition) is 5. The van der Waals surface area contributed by atoms with Gasteiger partial charge in [0, 0.05) is 12.8 Å². The van der Waals surface area contributed by atoms with Crippen LogP contribution in [-0.4, -0.2) is 60.0 Å². The molecule has 3 unspecified atom stereocenters. The van der Waals surface area contributed by atoms with Gasteiger partial charge in [0.2, 0.25) is 29.4 Å². The van der Waals surface area contributed by atoms with Crippen LogP contribution >= 0.6 is 0 Å². The first-order valence-corrected chi connectivity index (χ1v) is 16.6. The number of nitrogens with one attached hydrogen (secondary N) is 4. The number of carbonyl (C=O) groups excluding carboxylic acids is 6. The summed E-state index contributed by atoms with van der Waals surface area (Å²) in [6, 6.07) is 28.2. The highest BCUT2D eigenvalue weighted by molar-refractivity contribution is 6.38. The normalized spacial score (nSPS) is 13.2. The Bertz CT molecular complexity index is 1810. The maximum absolute atomic E-state index is 13.6. The Balaban J connectivity index is 1.38. The summed E-state index contributed by atoms with van der Waals surface area (Å²) in [6.07, 6.45) is 0.786. The molecule has 4 aromatic rings. The second-order valence-electron chi connectivity index (χ2n) is 12.3. The van der Waals surface area contributed by atoms with Gasteiger partial charge in [-0.05, 0) is 33.4 Å². The van der Waals surface area contributed by atoms with Crippen molar-refractivity contribution >= 4 is 46.1 Å². The van der Waals surface area contributed by atoms with E-state index in [0.29, 0.717) is 6.42 Å². The molecule has 0 aromatic heterocycles. The van der Waals surface area contributed by atoms with Gasteiger partial charge in [-0.1, -0.05) is 123 Å². The average molecular weight is 678 g/mol. The van der Waals surface area contributed by atoms with Crippen molar-refractivity contribution < 1.29 is 28.8 Å². The van der Waals surface area contributed by atoms with Crippen molar-refractivity contribution in [1.29, 1.82) is 0 Å². The molecule has 0 fully saturated rings. The van der Waals surface area contributed by atoms with E-state index in [4.69, 9.17) is 5.73 Å². The molecular formula is C39H43N5O6. The number of carbonyl (C=O) groups is 6. The fourth-order valence-electron chi connectivity index (χ4n) is 5.50. The van der Waals surface area contributed by atoms with Gasteiger partial charge in [-0.25, -0.2) is 0 Å². The van der Waals surface area contributed by atoms with Crippen LogP contribution in [0.15, 0.2) is 103 Å². The Kier molecular flexibility index (Phi) is 13.4. The van der Waals surface area contributed by atoms with E-state index < -0.39 is 60.0 Å². The second kappa shape index (κ2) is 18.1. The summed E-state index contributed by atoms with van der Waals surface area (Å²) in [5.74, 6) is -4.96.